The zero-order valence-electron chi connectivity index (χ0n) is 12.4. The van der Waals surface area contributed by atoms with Gasteiger partial charge in [0, 0.05) is 5.54 Å². The molecule has 0 radical (unpaired) electrons. The highest BCUT2D eigenvalue weighted by Gasteiger charge is 2.46. The van der Waals surface area contributed by atoms with Crippen molar-refractivity contribution in [2.24, 2.45) is 5.92 Å². The molecular weight excluding hydrogens is 206 g/mol. The average molecular weight is 237 g/mol. The summed E-state index contributed by atoms with van der Waals surface area (Å²) < 4.78 is 0. The van der Waals surface area contributed by atoms with Gasteiger partial charge in [0.15, 0.2) is 0 Å². The van der Waals surface area contributed by atoms with Crippen LogP contribution in [-0.2, 0) is 0 Å². The van der Waals surface area contributed by atoms with Crippen molar-refractivity contribution in [3.63, 3.8) is 0 Å². The van der Waals surface area contributed by atoms with Gasteiger partial charge >= 0.3 is 0 Å². The fourth-order valence-corrected chi connectivity index (χ4v) is 3.24. The fraction of sp³-hybridized carbons (Fsp3) is 0.875. The highest BCUT2D eigenvalue weighted by Crippen LogP contribution is 2.48. The first-order valence-electron chi connectivity index (χ1n) is 7.48. The molecule has 1 saturated carbocycles. The minimum atomic E-state index is 0.507. The number of unbranched alkanes of at least 4 members (excludes halogenated alkanes) is 1. The molecule has 17 heavy (non-hydrogen) atoms. The quantitative estimate of drug-likeness (QED) is 0.556. The van der Waals surface area contributed by atoms with Crippen LogP contribution in [0, 0.1) is 5.92 Å². The Morgan fingerprint density at radius 1 is 1.24 bits per heavy atom. The average Bonchev–Trinajstić information content (AvgIpc) is 2.29. The van der Waals surface area contributed by atoms with Gasteiger partial charge in [-0.2, -0.15) is 0 Å². The molecule has 1 aliphatic rings. The van der Waals surface area contributed by atoms with Crippen molar-refractivity contribution in [3.8, 4) is 0 Å². The van der Waals surface area contributed by atoms with Gasteiger partial charge in [-0.15, -0.1) is 0 Å². The molecule has 1 nitrogen and oxygen atoms in total. The van der Waals surface area contributed by atoms with Gasteiger partial charge in [-0.1, -0.05) is 45.8 Å². The summed E-state index contributed by atoms with van der Waals surface area (Å²) in [5.41, 5.74) is 1.98. The highest BCUT2D eigenvalue weighted by atomic mass is 15.2. The highest BCUT2D eigenvalue weighted by molar-refractivity contribution is 5.14. The summed E-state index contributed by atoms with van der Waals surface area (Å²) in [6, 6.07) is 0. The molecule has 0 aromatic rings. The Hall–Kier alpha value is -0.300. The van der Waals surface area contributed by atoms with Gasteiger partial charge in [0.2, 0.25) is 0 Å². The van der Waals surface area contributed by atoms with Gasteiger partial charge in [-0.25, -0.2) is 0 Å². The molecule has 0 amide bonds. The van der Waals surface area contributed by atoms with Crippen LogP contribution in [0.15, 0.2) is 12.2 Å². The van der Waals surface area contributed by atoms with E-state index < -0.39 is 0 Å². The third-order valence-corrected chi connectivity index (χ3v) is 4.66. The van der Waals surface area contributed by atoms with E-state index in [0.29, 0.717) is 5.54 Å². The smallest absolute Gasteiger partial charge is 0.0217 e. The Labute approximate surface area is 108 Å². The molecule has 1 aliphatic carbocycles. The maximum atomic E-state index is 4.22. The largest absolute Gasteiger partial charge is 0.301 e. The third-order valence-electron chi connectivity index (χ3n) is 4.66. The first kappa shape index (κ1) is 14.8. The van der Waals surface area contributed by atoms with E-state index in [1.807, 2.05) is 0 Å². The van der Waals surface area contributed by atoms with E-state index in [2.05, 4.69) is 39.3 Å². The lowest BCUT2D eigenvalue weighted by atomic mass is 9.62. The lowest BCUT2D eigenvalue weighted by molar-refractivity contribution is -0.00486. The SMILES string of the molecule is C=C(CC)C1CC(CCC)(N(C)CCCC)C1. The Morgan fingerprint density at radius 3 is 2.35 bits per heavy atom. The van der Waals surface area contributed by atoms with Crippen LogP contribution in [0.5, 0.6) is 0 Å². The Kier molecular flexibility index (Phi) is 5.72. The van der Waals surface area contributed by atoms with Crippen molar-refractivity contribution < 1.29 is 0 Å². The van der Waals surface area contributed by atoms with Crippen molar-refractivity contribution >= 4 is 0 Å². The van der Waals surface area contributed by atoms with Crippen LogP contribution in [0.4, 0.5) is 0 Å². The molecule has 0 saturated heterocycles. The van der Waals surface area contributed by atoms with Crippen LogP contribution in [-0.4, -0.2) is 24.0 Å². The zero-order valence-corrected chi connectivity index (χ0v) is 12.4. The molecule has 0 aliphatic heterocycles. The van der Waals surface area contributed by atoms with E-state index in [1.165, 1.54) is 50.6 Å². The van der Waals surface area contributed by atoms with Gasteiger partial charge in [0.25, 0.3) is 0 Å². The van der Waals surface area contributed by atoms with Gasteiger partial charge in [-0.05, 0) is 51.6 Å². The van der Waals surface area contributed by atoms with Crippen LogP contribution < -0.4 is 0 Å². The summed E-state index contributed by atoms with van der Waals surface area (Å²) in [6.45, 7) is 12.3. The Bertz CT molecular complexity index is 238. The standard InChI is InChI=1S/C16H31N/c1-6-9-11-17(5)16(10-7-2)12-15(13-16)14(4)8-3/h15H,4,6-13H2,1-3,5H3. The van der Waals surface area contributed by atoms with Gasteiger partial charge < -0.3 is 4.90 Å². The van der Waals surface area contributed by atoms with E-state index in [0.717, 1.165) is 12.3 Å². The van der Waals surface area contributed by atoms with Crippen molar-refractivity contribution in [1.29, 1.82) is 0 Å². The van der Waals surface area contributed by atoms with E-state index in [-0.39, 0.29) is 0 Å². The third kappa shape index (κ3) is 3.34. The number of allylic oxidation sites excluding steroid dienone is 1. The summed E-state index contributed by atoms with van der Waals surface area (Å²) >= 11 is 0. The number of hydrogen-bond donors (Lipinski definition) is 0. The predicted molar refractivity (Wildman–Crippen MR) is 77.3 cm³/mol. The molecule has 1 heteroatoms. The van der Waals surface area contributed by atoms with E-state index in [9.17, 15) is 0 Å². The second-order valence-corrected chi connectivity index (χ2v) is 5.87. The van der Waals surface area contributed by atoms with Crippen molar-refractivity contribution in [3.05, 3.63) is 12.2 Å². The minimum absolute atomic E-state index is 0.507. The van der Waals surface area contributed by atoms with Gasteiger partial charge in [0.05, 0.1) is 0 Å². The monoisotopic (exact) mass is 237 g/mol. The summed E-state index contributed by atoms with van der Waals surface area (Å²) in [7, 11) is 2.33. The molecule has 1 rings (SSSR count). The molecule has 0 bridgehead atoms. The second-order valence-electron chi connectivity index (χ2n) is 5.87. The molecule has 0 aromatic heterocycles. The van der Waals surface area contributed by atoms with Crippen LogP contribution in [0.3, 0.4) is 0 Å². The van der Waals surface area contributed by atoms with Crippen molar-refractivity contribution in [2.45, 2.75) is 71.3 Å². The Morgan fingerprint density at radius 2 is 1.88 bits per heavy atom. The van der Waals surface area contributed by atoms with Crippen molar-refractivity contribution in [1.82, 2.24) is 4.90 Å². The predicted octanol–water partition coefficient (Wildman–Crippen LogP) is 4.63. The topological polar surface area (TPSA) is 3.24 Å². The molecule has 0 N–H and O–H groups in total. The maximum absolute atomic E-state index is 4.22. The molecule has 0 atom stereocenters. The zero-order chi connectivity index (χ0) is 12.9. The maximum Gasteiger partial charge on any atom is 0.0217 e. The summed E-state index contributed by atoms with van der Waals surface area (Å²) in [5, 5.41) is 0. The normalized spacial score (nSPS) is 28.2. The number of nitrogens with zero attached hydrogens (tertiary/aromatic N) is 1. The van der Waals surface area contributed by atoms with E-state index >= 15 is 0 Å². The Balaban J connectivity index is 2.52. The fourth-order valence-electron chi connectivity index (χ4n) is 3.24. The molecule has 1 fully saturated rings. The van der Waals surface area contributed by atoms with E-state index in [1.54, 1.807) is 0 Å². The number of rotatable bonds is 8. The molecule has 100 valence electrons. The lowest BCUT2D eigenvalue weighted by Crippen LogP contribution is -2.56. The van der Waals surface area contributed by atoms with Gasteiger partial charge in [0.1, 0.15) is 0 Å². The molecular formula is C16H31N. The van der Waals surface area contributed by atoms with Crippen LogP contribution >= 0.6 is 0 Å². The van der Waals surface area contributed by atoms with Gasteiger partial charge in [-0.3, -0.25) is 0 Å². The lowest BCUT2D eigenvalue weighted by Gasteiger charge is -2.54. The summed E-state index contributed by atoms with van der Waals surface area (Å²) in [5.74, 6) is 0.802. The first-order chi connectivity index (χ1) is 8.09. The minimum Gasteiger partial charge on any atom is -0.301 e. The summed E-state index contributed by atoms with van der Waals surface area (Å²) in [6.07, 6.45) is 9.18. The van der Waals surface area contributed by atoms with Crippen LogP contribution in [0.2, 0.25) is 0 Å². The molecule has 0 spiro atoms. The molecule has 0 heterocycles. The van der Waals surface area contributed by atoms with Crippen LogP contribution in [0.1, 0.15) is 65.7 Å². The van der Waals surface area contributed by atoms with E-state index in [4.69, 9.17) is 0 Å². The second kappa shape index (κ2) is 6.58. The number of hydrogen-bond acceptors (Lipinski definition) is 1. The van der Waals surface area contributed by atoms with Crippen molar-refractivity contribution in [2.75, 3.05) is 13.6 Å². The van der Waals surface area contributed by atoms with Crippen LogP contribution in [0.25, 0.3) is 0 Å². The first-order valence-corrected chi connectivity index (χ1v) is 7.48. The summed E-state index contributed by atoms with van der Waals surface area (Å²) in [4.78, 5) is 2.64. The molecule has 0 unspecified atom stereocenters. The molecule has 0 aromatic carbocycles.